The van der Waals surface area contributed by atoms with Gasteiger partial charge in [-0.1, -0.05) is 18.2 Å². The smallest absolute Gasteiger partial charge is 0.333 e. The minimum Gasteiger partial charge on any atom is -0.495 e. The number of fused-ring (bicyclic) bond motifs is 1. The van der Waals surface area contributed by atoms with Crippen molar-refractivity contribution in [2.45, 2.75) is 0 Å². The summed E-state index contributed by atoms with van der Waals surface area (Å²) in [4.78, 5) is 25.8. The Balaban J connectivity index is 1.92. The average Bonchev–Trinajstić information content (AvgIpc) is 2.73. The maximum Gasteiger partial charge on any atom is 0.333 e. The lowest BCUT2D eigenvalue weighted by molar-refractivity contribution is 0.410. The monoisotopic (exact) mass is 581 g/mol. The third-order valence-electron chi connectivity index (χ3n) is 4.87. The molecule has 1 aromatic heterocycles. The number of sulfonamides is 1. The van der Waals surface area contributed by atoms with Gasteiger partial charge in [0, 0.05) is 18.0 Å². The molecule has 0 bridgehead atoms. The highest BCUT2D eigenvalue weighted by atomic mass is 127. The maximum absolute atomic E-state index is 15.8. The Morgan fingerprint density at radius 1 is 1.06 bits per heavy atom. The number of ether oxygens (including phenoxy) is 1. The van der Waals surface area contributed by atoms with Crippen molar-refractivity contribution in [3.05, 3.63) is 85.0 Å². The van der Waals surface area contributed by atoms with Crippen LogP contribution in [0.4, 0.5) is 10.1 Å². The first-order valence-corrected chi connectivity index (χ1v) is 12.4. The molecule has 0 amide bonds. The molecule has 33 heavy (non-hydrogen) atoms. The van der Waals surface area contributed by atoms with Gasteiger partial charge in [-0.2, -0.15) is 0 Å². The first-order chi connectivity index (χ1) is 15.6. The van der Waals surface area contributed by atoms with E-state index in [1.54, 1.807) is 36.4 Å². The molecule has 8 nitrogen and oxygen atoms in total. The summed E-state index contributed by atoms with van der Waals surface area (Å²) in [5, 5.41) is 1.49. The molecule has 0 aliphatic rings. The van der Waals surface area contributed by atoms with E-state index in [2.05, 4.69) is 9.71 Å². The van der Waals surface area contributed by atoms with Crippen LogP contribution in [0.3, 0.4) is 0 Å². The van der Waals surface area contributed by atoms with E-state index in [1.807, 2.05) is 22.6 Å². The summed E-state index contributed by atoms with van der Waals surface area (Å²) in [5.74, 6) is -0.403. The molecule has 170 valence electrons. The van der Waals surface area contributed by atoms with E-state index in [1.165, 1.54) is 19.4 Å². The summed E-state index contributed by atoms with van der Waals surface area (Å²) in [6, 6.07) is 12.8. The molecule has 0 unspecified atom stereocenters. The first-order valence-electron chi connectivity index (χ1n) is 9.48. The molecule has 3 aromatic carbocycles. The van der Waals surface area contributed by atoms with E-state index in [0.717, 1.165) is 27.7 Å². The Hall–Kier alpha value is -3.19. The number of benzene rings is 3. The molecule has 0 saturated carbocycles. The molecular formula is C22H17FIN3O5S. The van der Waals surface area contributed by atoms with Gasteiger partial charge in [0.15, 0.2) is 5.82 Å². The quantitative estimate of drug-likeness (QED) is 0.351. The zero-order chi connectivity index (χ0) is 23.9. The van der Waals surface area contributed by atoms with Crippen molar-refractivity contribution in [1.29, 1.82) is 0 Å². The van der Waals surface area contributed by atoms with Crippen molar-refractivity contribution in [3.63, 3.8) is 0 Å². The molecule has 0 radical (unpaired) electrons. The molecule has 0 aliphatic carbocycles. The second kappa shape index (κ2) is 8.63. The van der Waals surface area contributed by atoms with Crippen LogP contribution < -0.4 is 20.7 Å². The number of halogens is 2. The molecule has 0 aliphatic heterocycles. The van der Waals surface area contributed by atoms with Crippen LogP contribution in [0.5, 0.6) is 5.75 Å². The van der Waals surface area contributed by atoms with Gasteiger partial charge < -0.3 is 4.74 Å². The topological polar surface area (TPSA) is 110 Å². The molecule has 0 saturated heterocycles. The van der Waals surface area contributed by atoms with Crippen LogP contribution in [0.25, 0.3) is 27.6 Å². The van der Waals surface area contributed by atoms with Crippen LogP contribution in [-0.4, -0.2) is 31.3 Å². The number of aromatic amines is 1. The number of H-pyrrole nitrogens is 1. The normalized spacial score (nSPS) is 11.5. The van der Waals surface area contributed by atoms with Gasteiger partial charge in [0.05, 0.1) is 28.2 Å². The van der Waals surface area contributed by atoms with Crippen molar-refractivity contribution in [2.75, 3.05) is 18.1 Å². The Kier molecular flexibility index (Phi) is 6.01. The van der Waals surface area contributed by atoms with Crippen LogP contribution in [0.1, 0.15) is 0 Å². The van der Waals surface area contributed by atoms with Crippen LogP contribution >= 0.6 is 22.6 Å². The number of nitrogens with zero attached hydrogens (tertiary/aromatic N) is 1. The number of aromatic nitrogens is 2. The maximum atomic E-state index is 15.8. The van der Waals surface area contributed by atoms with E-state index in [0.29, 0.717) is 20.6 Å². The molecule has 4 aromatic rings. The fourth-order valence-corrected chi connectivity index (χ4v) is 4.85. The lowest BCUT2D eigenvalue weighted by Crippen LogP contribution is -2.28. The summed E-state index contributed by atoms with van der Waals surface area (Å²) in [6.45, 7) is 0. The fourth-order valence-electron chi connectivity index (χ4n) is 3.51. The van der Waals surface area contributed by atoms with Crippen molar-refractivity contribution in [2.24, 2.45) is 0 Å². The minimum absolute atomic E-state index is 0.0377. The molecule has 0 fully saturated rings. The summed E-state index contributed by atoms with van der Waals surface area (Å²) in [6.07, 6.45) is 2.28. The molecule has 0 atom stereocenters. The van der Waals surface area contributed by atoms with E-state index < -0.39 is 27.1 Å². The van der Waals surface area contributed by atoms with Gasteiger partial charge in [0.2, 0.25) is 10.0 Å². The second-order valence-electron chi connectivity index (χ2n) is 7.23. The molecule has 0 spiro atoms. The number of anilines is 1. The van der Waals surface area contributed by atoms with Gasteiger partial charge in [0.25, 0.3) is 5.56 Å². The number of hydrogen-bond donors (Lipinski definition) is 2. The summed E-state index contributed by atoms with van der Waals surface area (Å²) in [7, 11) is -1.99. The lowest BCUT2D eigenvalue weighted by atomic mass is 9.99. The number of methoxy groups -OCH3 is 1. The third-order valence-corrected chi connectivity index (χ3v) is 6.28. The highest BCUT2D eigenvalue weighted by Crippen LogP contribution is 2.40. The van der Waals surface area contributed by atoms with Gasteiger partial charge >= 0.3 is 5.69 Å². The third kappa shape index (κ3) is 4.64. The van der Waals surface area contributed by atoms with Gasteiger partial charge in [-0.3, -0.25) is 19.1 Å². The average molecular weight is 581 g/mol. The SMILES string of the molecule is COc1c(I)cc(-n2ccc(=O)[nH]c2=O)c(F)c1-c1ccc2cc(NS(C)(=O)=O)ccc2c1. The van der Waals surface area contributed by atoms with Crippen LogP contribution in [0.15, 0.2) is 64.3 Å². The zero-order valence-corrected chi connectivity index (χ0v) is 20.3. The van der Waals surface area contributed by atoms with Crippen LogP contribution in [-0.2, 0) is 10.0 Å². The van der Waals surface area contributed by atoms with Gasteiger partial charge in [-0.25, -0.2) is 17.6 Å². The standard InChI is InChI=1S/C22H17FIN3O5S/c1-32-21-16(24)11-17(27-8-7-18(28)25-22(27)29)20(23)19(21)14-4-3-13-10-15(26-33(2,30)31)6-5-12(13)9-14/h3-11,26H,1-2H3,(H,25,28,29). The largest absolute Gasteiger partial charge is 0.495 e. The molecule has 1 heterocycles. The van der Waals surface area contributed by atoms with Gasteiger partial charge in [-0.05, 0) is 63.2 Å². The Bertz CT molecular complexity index is 1630. The Morgan fingerprint density at radius 3 is 2.42 bits per heavy atom. The fraction of sp³-hybridized carbons (Fsp3) is 0.0909. The summed E-state index contributed by atoms with van der Waals surface area (Å²) >= 11 is 1.99. The van der Waals surface area contributed by atoms with Crippen LogP contribution in [0, 0.1) is 9.39 Å². The van der Waals surface area contributed by atoms with Gasteiger partial charge in [-0.15, -0.1) is 0 Å². The second-order valence-corrected chi connectivity index (χ2v) is 10.1. The van der Waals surface area contributed by atoms with Crippen molar-refractivity contribution >= 4 is 49.1 Å². The van der Waals surface area contributed by atoms with Crippen molar-refractivity contribution in [3.8, 4) is 22.6 Å². The highest BCUT2D eigenvalue weighted by molar-refractivity contribution is 14.1. The number of hydrogen-bond acceptors (Lipinski definition) is 5. The van der Waals surface area contributed by atoms with Crippen molar-refractivity contribution < 1.29 is 17.5 Å². The Labute approximate surface area is 201 Å². The van der Waals surface area contributed by atoms with Crippen LogP contribution in [0.2, 0.25) is 0 Å². The van der Waals surface area contributed by atoms with E-state index >= 15 is 4.39 Å². The van der Waals surface area contributed by atoms with E-state index in [-0.39, 0.29) is 11.3 Å². The van der Waals surface area contributed by atoms with Gasteiger partial charge in [0.1, 0.15) is 5.75 Å². The molecule has 11 heteroatoms. The number of nitrogens with one attached hydrogen (secondary N) is 2. The van der Waals surface area contributed by atoms with E-state index in [9.17, 15) is 18.0 Å². The van der Waals surface area contributed by atoms with E-state index in [4.69, 9.17) is 4.74 Å². The molecule has 2 N–H and O–H groups in total. The Morgan fingerprint density at radius 2 is 1.76 bits per heavy atom. The van der Waals surface area contributed by atoms with Crippen molar-refractivity contribution in [1.82, 2.24) is 9.55 Å². The minimum atomic E-state index is -3.42. The number of rotatable bonds is 5. The summed E-state index contributed by atoms with van der Waals surface area (Å²) < 4.78 is 48.3. The first kappa shape index (κ1) is 23.0. The predicted molar refractivity (Wildman–Crippen MR) is 133 cm³/mol. The predicted octanol–water partition coefficient (Wildman–Crippen LogP) is 3.47. The zero-order valence-electron chi connectivity index (χ0n) is 17.3. The molecule has 4 rings (SSSR count). The molecular weight excluding hydrogens is 564 g/mol. The lowest BCUT2D eigenvalue weighted by Gasteiger charge is -2.17. The highest BCUT2D eigenvalue weighted by Gasteiger charge is 2.21. The summed E-state index contributed by atoms with van der Waals surface area (Å²) in [5.41, 5.74) is -0.326.